The van der Waals surface area contributed by atoms with Crippen LogP contribution in [0.3, 0.4) is 0 Å². The minimum atomic E-state index is 0.0932. The van der Waals surface area contributed by atoms with E-state index in [1.165, 1.54) is 18.5 Å². The van der Waals surface area contributed by atoms with Crippen molar-refractivity contribution in [2.24, 2.45) is 5.73 Å². The van der Waals surface area contributed by atoms with Crippen LogP contribution in [-0.4, -0.2) is 15.6 Å². The molecule has 1 aromatic heterocycles. The molecule has 2 aromatic rings. The molecule has 0 atom stereocenters. The minimum Gasteiger partial charge on any atom is -0.384 e. The third-order valence-electron chi connectivity index (χ3n) is 3.05. The van der Waals surface area contributed by atoms with Gasteiger partial charge in [-0.3, -0.25) is 5.41 Å². The second-order valence-electron chi connectivity index (χ2n) is 4.42. The molecule has 1 aliphatic carbocycles. The van der Waals surface area contributed by atoms with Gasteiger partial charge in [-0.05, 0) is 43.2 Å². The standard InChI is InChI=1S/C13H14N4/c14-13(15)10-3-5-11(6-4-10)17-8-7-12(16-17)9-1-2-9/h3-9H,1-2H2,(H3,14,15). The number of hydrogen-bond donors (Lipinski definition) is 2. The summed E-state index contributed by atoms with van der Waals surface area (Å²) in [5.41, 5.74) is 8.34. The molecule has 3 N–H and O–H groups in total. The smallest absolute Gasteiger partial charge is 0.122 e. The number of aromatic nitrogens is 2. The number of benzene rings is 1. The van der Waals surface area contributed by atoms with Gasteiger partial charge in [0.25, 0.3) is 0 Å². The molecule has 0 radical (unpaired) electrons. The highest BCUT2D eigenvalue weighted by atomic mass is 15.3. The van der Waals surface area contributed by atoms with Gasteiger partial charge in [-0.2, -0.15) is 5.10 Å². The summed E-state index contributed by atoms with van der Waals surface area (Å²) in [6.07, 6.45) is 4.51. The van der Waals surface area contributed by atoms with Crippen LogP contribution in [0.1, 0.15) is 30.0 Å². The SMILES string of the molecule is N=C(N)c1ccc(-n2ccc(C3CC3)n2)cc1. The molecule has 1 fully saturated rings. The Kier molecular flexibility index (Phi) is 2.21. The van der Waals surface area contributed by atoms with E-state index in [9.17, 15) is 0 Å². The third-order valence-corrected chi connectivity index (χ3v) is 3.05. The average Bonchev–Trinajstić information content (AvgIpc) is 3.07. The summed E-state index contributed by atoms with van der Waals surface area (Å²) in [4.78, 5) is 0. The third kappa shape index (κ3) is 1.93. The van der Waals surface area contributed by atoms with Crippen molar-refractivity contribution in [3.8, 4) is 5.69 Å². The minimum absolute atomic E-state index is 0.0932. The fourth-order valence-electron chi connectivity index (χ4n) is 1.87. The van der Waals surface area contributed by atoms with Crippen LogP contribution in [0.5, 0.6) is 0 Å². The van der Waals surface area contributed by atoms with Crippen LogP contribution < -0.4 is 5.73 Å². The Labute approximate surface area is 99.6 Å². The molecule has 1 aromatic carbocycles. The molecule has 1 aliphatic rings. The Bertz CT molecular complexity index is 549. The van der Waals surface area contributed by atoms with Gasteiger partial charge in [0.1, 0.15) is 5.84 Å². The molecular weight excluding hydrogens is 212 g/mol. The molecule has 0 spiro atoms. The van der Waals surface area contributed by atoms with E-state index in [0.717, 1.165) is 11.3 Å². The van der Waals surface area contributed by atoms with Gasteiger partial charge in [0.2, 0.25) is 0 Å². The van der Waals surface area contributed by atoms with Crippen molar-refractivity contribution in [3.63, 3.8) is 0 Å². The van der Waals surface area contributed by atoms with Crippen molar-refractivity contribution in [3.05, 3.63) is 47.8 Å². The zero-order valence-electron chi connectivity index (χ0n) is 9.43. The average molecular weight is 226 g/mol. The first-order chi connectivity index (χ1) is 8.24. The Balaban J connectivity index is 1.89. The van der Waals surface area contributed by atoms with E-state index in [2.05, 4.69) is 11.2 Å². The van der Waals surface area contributed by atoms with E-state index in [-0.39, 0.29) is 5.84 Å². The lowest BCUT2D eigenvalue weighted by atomic mass is 10.2. The Hall–Kier alpha value is -2.10. The van der Waals surface area contributed by atoms with Crippen molar-refractivity contribution in [2.75, 3.05) is 0 Å². The van der Waals surface area contributed by atoms with Gasteiger partial charge >= 0.3 is 0 Å². The van der Waals surface area contributed by atoms with Crippen LogP contribution in [0, 0.1) is 5.41 Å². The van der Waals surface area contributed by atoms with Crippen molar-refractivity contribution in [2.45, 2.75) is 18.8 Å². The van der Waals surface area contributed by atoms with Gasteiger partial charge in [0.05, 0.1) is 11.4 Å². The van der Waals surface area contributed by atoms with Crippen LogP contribution >= 0.6 is 0 Å². The normalized spacial score (nSPS) is 14.8. The zero-order valence-corrected chi connectivity index (χ0v) is 9.43. The molecule has 86 valence electrons. The number of nitrogens with one attached hydrogen (secondary N) is 1. The van der Waals surface area contributed by atoms with Gasteiger partial charge in [-0.15, -0.1) is 0 Å². The summed E-state index contributed by atoms with van der Waals surface area (Å²) >= 11 is 0. The first-order valence-corrected chi connectivity index (χ1v) is 5.74. The summed E-state index contributed by atoms with van der Waals surface area (Å²) in [5, 5.41) is 11.9. The van der Waals surface area contributed by atoms with E-state index in [1.807, 2.05) is 35.1 Å². The fraction of sp³-hybridized carbons (Fsp3) is 0.231. The Morgan fingerprint density at radius 1 is 1.24 bits per heavy atom. The first-order valence-electron chi connectivity index (χ1n) is 5.74. The topological polar surface area (TPSA) is 67.7 Å². The molecule has 17 heavy (non-hydrogen) atoms. The van der Waals surface area contributed by atoms with Gasteiger partial charge in [0, 0.05) is 17.7 Å². The number of amidine groups is 1. The van der Waals surface area contributed by atoms with Gasteiger partial charge in [0.15, 0.2) is 0 Å². The number of hydrogen-bond acceptors (Lipinski definition) is 2. The quantitative estimate of drug-likeness (QED) is 0.621. The largest absolute Gasteiger partial charge is 0.384 e. The van der Waals surface area contributed by atoms with E-state index >= 15 is 0 Å². The summed E-state index contributed by atoms with van der Waals surface area (Å²) in [5.74, 6) is 0.767. The van der Waals surface area contributed by atoms with Gasteiger partial charge in [-0.1, -0.05) is 0 Å². The van der Waals surface area contributed by atoms with Gasteiger partial charge in [-0.25, -0.2) is 4.68 Å². The second kappa shape index (κ2) is 3.73. The predicted octanol–water partition coefficient (Wildman–Crippen LogP) is 2.03. The molecule has 4 heteroatoms. The number of nitrogens with zero attached hydrogens (tertiary/aromatic N) is 2. The second-order valence-corrected chi connectivity index (χ2v) is 4.42. The van der Waals surface area contributed by atoms with Crippen molar-refractivity contribution >= 4 is 5.84 Å². The highest BCUT2D eigenvalue weighted by Crippen LogP contribution is 2.38. The number of nitrogen functional groups attached to an aromatic ring is 1. The molecule has 3 rings (SSSR count). The van der Waals surface area contributed by atoms with Crippen LogP contribution in [0.25, 0.3) is 5.69 Å². The monoisotopic (exact) mass is 226 g/mol. The van der Waals surface area contributed by atoms with Crippen molar-refractivity contribution in [1.82, 2.24) is 9.78 Å². The molecule has 0 amide bonds. The molecule has 0 bridgehead atoms. The first kappa shape index (κ1) is 10.1. The Morgan fingerprint density at radius 3 is 2.53 bits per heavy atom. The summed E-state index contributed by atoms with van der Waals surface area (Å²) in [7, 11) is 0. The van der Waals surface area contributed by atoms with Gasteiger partial charge < -0.3 is 5.73 Å². The lowest BCUT2D eigenvalue weighted by Gasteiger charge is -2.03. The Morgan fingerprint density at radius 2 is 1.94 bits per heavy atom. The summed E-state index contributed by atoms with van der Waals surface area (Å²) in [6, 6.07) is 9.63. The van der Waals surface area contributed by atoms with Crippen molar-refractivity contribution in [1.29, 1.82) is 5.41 Å². The lowest BCUT2D eigenvalue weighted by Crippen LogP contribution is -2.10. The summed E-state index contributed by atoms with van der Waals surface area (Å²) in [6.45, 7) is 0. The van der Waals surface area contributed by atoms with Crippen molar-refractivity contribution < 1.29 is 0 Å². The van der Waals surface area contributed by atoms with Crippen LogP contribution in [0.4, 0.5) is 0 Å². The maximum atomic E-state index is 7.33. The molecule has 4 nitrogen and oxygen atoms in total. The maximum absolute atomic E-state index is 7.33. The van der Waals surface area contributed by atoms with Crippen LogP contribution in [0.15, 0.2) is 36.5 Å². The molecule has 0 unspecified atom stereocenters. The lowest BCUT2D eigenvalue weighted by molar-refractivity contribution is 0.837. The molecule has 0 aliphatic heterocycles. The van der Waals surface area contributed by atoms with Crippen LogP contribution in [-0.2, 0) is 0 Å². The maximum Gasteiger partial charge on any atom is 0.122 e. The highest BCUT2D eigenvalue weighted by Gasteiger charge is 2.25. The molecule has 1 heterocycles. The zero-order chi connectivity index (χ0) is 11.8. The number of nitrogens with two attached hydrogens (primary N) is 1. The number of rotatable bonds is 3. The molecule has 0 saturated heterocycles. The molecular formula is C13H14N4. The fourth-order valence-corrected chi connectivity index (χ4v) is 1.87. The van der Waals surface area contributed by atoms with Crippen LogP contribution in [0.2, 0.25) is 0 Å². The molecule has 1 saturated carbocycles. The van der Waals surface area contributed by atoms with E-state index in [1.54, 1.807) is 0 Å². The predicted molar refractivity (Wildman–Crippen MR) is 66.6 cm³/mol. The van der Waals surface area contributed by atoms with E-state index in [0.29, 0.717) is 5.92 Å². The summed E-state index contributed by atoms with van der Waals surface area (Å²) < 4.78 is 1.87. The van der Waals surface area contributed by atoms with E-state index in [4.69, 9.17) is 11.1 Å². The van der Waals surface area contributed by atoms with E-state index < -0.39 is 0 Å². The highest BCUT2D eigenvalue weighted by molar-refractivity contribution is 5.95.